The first-order valence-corrected chi connectivity index (χ1v) is 8.67. The summed E-state index contributed by atoms with van der Waals surface area (Å²) in [5, 5.41) is 3.34. The molecule has 0 fully saturated rings. The summed E-state index contributed by atoms with van der Waals surface area (Å²) in [6.45, 7) is 1.99. The summed E-state index contributed by atoms with van der Waals surface area (Å²) in [5.74, 6) is -0.203. The molecule has 0 aliphatic carbocycles. The maximum absolute atomic E-state index is 13.0. The highest BCUT2D eigenvalue weighted by Gasteiger charge is 2.07. The smallest absolute Gasteiger partial charge is 0.234 e. The van der Waals surface area contributed by atoms with E-state index in [0.29, 0.717) is 10.9 Å². The van der Waals surface area contributed by atoms with Crippen LogP contribution in [-0.4, -0.2) is 21.6 Å². The molecule has 0 bridgehead atoms. The highest BCUT2D eigenvalue weighted by atomic mass is 32.2. The van der Waals surface area contributed by atoms with Crippen LogP contribution in [0.25, 0.3) is 11.3 Å². The molecule has 126 valence electrons. The summed E-state index contributed by atoms with van der Waals surface area (Å²) >= 11 is 1.25. The van der Waals surface area contributed by atoms with Crippen LogP contribution in [0.2, 0.25) is 0 Å². The number of carbonyl (C=O) groups excluding carboxylic acids is 1. The van der Waals surface area contributed by atoms with Crippen LogP contribution in [0.5, 0.6) is 0 Å². The molecule has 0 unspecified atom stereocenters. The third kappa shape index (κ3) is 4.87. The van der Waals surface area contributed by atoms with Gasteiger partial charge in [0.2, 0.25) is 5.91 Å². The second-order valence-corrected chi connectivity index (χ2v) is 6.38. The maximum atomic E-state index is 13.0. The van der Waals surface area contributed by atoms with Crippen molar-refractivity contribution >= 4 is 23.4 Å². The number of aromatic nitrogens is 2. The van der Waals surface area contributed by atoms with Gasteiger partial charge in [0.15, 0.2) is 5.16 Å². The molecule has 0 radical (unpaired) electrons. The van der Waals surface area contributed by atoms with Gasteiger partial charge in [-0.15, -0.1) is 0 Å². The summed E-state index contributed by atoms with van der Waals surface area (Å²) < 4.78 is 13.0. The molecule has 0 atom stereocenters. The predicted octanol–water partition coefficient (Wildman–Crippen LogP) is 4.32. The van der Waals surface area contributed by atoms with Crippen LogP contribution in [0.15, 0.2) is 66.0 Å². The number of nitrogens with one attached hydrogen (secondary N) is 1. The molecule has 0 saturated heterocycles. The molecule has 1 amide bonds. The lowest BCUT2D eigenvalue weighted by molar-refractivity contribution is -0.113. The third-order valence-corrected chi connectivity index (χ3v) is 4.30. The summed E-state index contributed by atoms with van der Waals surface area (Å²) in [5.41, 5.74) is 3.39. The molecule has 0 saturated carbocycles. The predicted molar refractivity (Wildman–Crippen MR) is 98.0 cm³/mol. The van der Waals surface area contributed by atoms with Crippen LogP contribution in [-0.2, 0) is 4.79 Å². The van der Waals surface area contributed by atoms with Gasteiger partial charge in [0, 0.05) is 17.4 Å². The van der Waals surface area contributed by atoms with Crippen molar-refractivity contribution in [3.05, 3.63) is 72.2 Å². The van der Waals surface area contributed by atoms with Crippen molar-refractivity contribution in [2.24, 2.45) is 0 Å². The average molecular weight is 353 g/mol. The SMILES string of the molecule is Cc1ccc(NC(=O)CSc2nccc(-c3ccc(F)cc3)n2)cc1. The molecular formula is C19H16FN3OS. The Labute approximate surface area is 149 Å². The van der Waals surface area contributed by atoms with E-state index < -0.39 is 0 Å². The number of hydrogen-bond donors (Lipinski definition) is 1. The first-order valence-electron chi connectivity index (χ1n) is 7.68. The molecule has 0 aliphatic rings. The highest BCUT2D eigenvalue weighted by Crippen LogP contribution is 2.20. The molecule has 6 heteroatoms. The molecule has 3 rings (SSSR count). The van der Waals surface area contributed by atoms with Crippen molar-refractivity contribution in [3.63, 3.8) is 0 Å². The molecule has 25 heavy (non-hydrogen) atoms. The van der Waals surface area contributed by atoms with Gasteiger partial charge in [-0.25, -0.2) is 14.4 Å². The zero-order chi connectivity index (χ0) is 17.6. The molecule has 0 spiro atoms. The molecule has 1 heterocycles. The van der Waals surface area contributed by atoms with Gasteiger partial charge in [-0.1, -0.05) is 29.5 Å². The molecule has 0 aliphatic heterocycles. The average Bonchev–Trinajstić information content (AvgIpc) is 2.63. The molecule has 4 nitrogen and oxygen atoms in total. The van der Waals surface area contributed by atoms with E-state index in [1.807, 2.05) is 31.2 Å². The van der Waals surface area contributed by atoms with Gasteiger partial charge < -0.3 is 5.32 Å². The lowest BCUT2D eigenvalue weighted by Crippen LogP contribution is -2.14. The standard InChI is InChI=1S/C19H16FN3OS/c1-13-2-8-16(9-3-13)22-18(24)12-25-19-21-11-10-17(23-19)14-4-6-15(20)7-5-14/h2-11H,12H2,1H3,(H,22,24). The van der Waals surface area contributed by atoms with E-state index in [4.69, 9.17) is 0 Å². The summed E-state index contributed by atoms with van der Waals surface area (Å²) in [4.78, 5) is 20.6. The second kappa shape index (κ2) is 7.90. The van der Waals surface area contributed by atoms with Crippen molar-refractivity contribution < 1.29 is 9.18 Å². The van der Waals surface area contributed by atoms with Crippen molar-refractivity contribution in [1.82, 2.24) is 9.97 Å². The third-order valence-electron chi connectivity index (χ3n) is 3.44. The van der Waals surface area contributed by atoms with E-state index in [-0.39, 0.29) is 17.5 Å². The van der Waals surface area contributed by atoms with Crippen molar-refractivity contribution in [2.75, 3.05) is 11.1 Å². The second-order valence-electron chi connectivity index (χ2n) is 5.43. The number of halogens is 1. The minimum atomic E-state index is -0.291. The van der Waals surface area contributed by atoms with Crippen LogP contribution >= 0.6 is 11.8 Å². The van der Waals surface area contributed by atoms with Crippen LogP contribution in [0.3, 0.4) is 0 Å². The van der Waals surface area contributed by atoms with E-state index >= 15 is 0 Å². The van der Waals surface area contributed by atoms with Gasteiger partial charge in [0.05, 0.1) is 11.4 Å². The molecule has 1 aromatic heterocycles. The fourth-order valence-electron chi connectivity index (χ4n) is 2.16. The molecule has 2 aromatic carbocycles. The molecule has 1 N–H and O–H groups in total. The summed E-state index contributed by atoms with van der Waals surface area (Å²) in [6.07, 6.45) is 1.63. The number of amides is 1. The van der Waals surface area contributed by atoms with Crippen molar-refractivity contribution in [3.8, 4) is 11.3 Å². The van der Waals surface area contributed by atoms with Crippen molar-refractivity contribution in [1.29, 1.82) is 0 Å². The lowest BCUT2D eigenvalue weighted by Gasteiger charge is -2.06. The van der Waals surface area contributed by atoms with E-state index in [1.165, 1.54) is 23.9 Å². The zero-order valence-corrected chi connectivity index (χ0v) is 14.4. The van der Waals surface area contributed by atoms with Gasteiger partial charge >= 0.3 is 0 Å². The van der Waals surface area contributed by atoms with Crippen molar-refractivity contribution in [2.45, 2.75) is 12.1 Å². The minimum absolute atomic E-state index is 0.121. The normalized spacial score (nSPS) is 10.5. The number of anilines is 1. The van der Waals surface area contributed by atoms with E-state index in [2.05, 4.69) is 15.3 Å². The number of hydrogen-bond acceptors (Lipinski definition) is 4. The van der Waals surface area contributed by atoms with Gasteiger partial charge in [-0.3, -0.25) is 4.79 Å². The van der Waals surface area contributed by atoms with Crippen LogP contribution in [0.1, 0.15) is 5.56 Å². The monoisotopic (exact) mass is 353 g/mol. The largest absolute Gasteiger partial charge is 0.325 e. The Morgan fingerprint density at radius 1 is 1.08 bits per heavy atom. The Morgan fingerprint density at radius 3 is 2.52 bits per heavy atom. The zero-order valence-electron chi connectivity index (χ0n) is 13.6. The van der Waals surface area contributed by atoms with Crippen LogP contribution in [0.4, 0.5) is 10.1 Å². The van der Waals surface area contributed by atoms with E-state index in [1.54, 1.807) is 24.4 Å². The number of benzene rings is 2. The van der Waals surface area contributed by atoms with Crippen LogP contribution in [0, 0.1) is 12.7 Å². The highest BCUT2D eigenvalue weighted by molar-refractivity contribution is 7.99. The quantitative estimate of drug-likeness (QED) is 0.548. The lowest BCUT2D eigenvalue weighted by atomic mass is 10.1. The number of nitrogens with zero attached hydrogens (tertiary/aromatic N) is 2. The first kappa shape index (κ1) is 17.1. The van der Waals surface area contributed by atoms with E-state index in [9.17, 15) is 9.18 Å². The Kier molecular flexibility index (Phi) is 5.40. The first-order chi connectivity index (χ1) is 12.1. The fraction of sp³-hybridized carbons (Fsp3) is 0.105. The number of rotatable bonds is 5. The Bertz CT molecular complexity index is 867. The number of aryl methyl sites for hydroxylation is 1. The summed E-state index contributed by atoms with van der Waals surface area (Å²) in [7, 11) is 0. The minimum Gasteiger partial charge on any atom is -0.325 e. The maximum Gasteiger partial charge on any atom is 0.234 e. The van der Waals surface area contributed by atoms with Gasteiger partial charge in [0.25, 0.3) is 0 Å². The Balaban J connectivity index is 1.61. The van der Waals surface area contributed by atoms with Crippen LogP contribution < -0.4 is 5.32 Å². The fourth-order valence-corrected chi connectivity index (χ4v) is 2.79. The summed E-state index contributed by atoms with van der Waals surface area (Å²) in [6, 6.07) is 15.5. The van der Waals surface area contributed by atoms with Gasteiger partial charge in [-0.05, 0) is 49.4 Å². The number of thioether (sulfide) groups is 1. The Morgan fingerprint density at radius 2 is 1.80 bits per heavy atom. The van der Waals surface area contributed by atoms with Gasteiger partial charge in [-0.2, -0.15) is 0 Å². The Hall–Kier alpha value is -2.73. The van der Waals surface area contributed by atoms with Gasteiger partial charge in [0.1, 0.15) is 5.82 Å². The number of carbonyl (C=O) groups is 1. The van der Waals surface area contributed by atoms with E-state index in [0.717, 1.165) is 16.8 Å². The molecule has 3 aromatic rings. The topological polar surface area (TPSA) is 54.9 Å². The molecular weight excluding hydrogens is 337 g/mol.